The van der Waals surface area contributed by atoms with Crippen molar-refractivity contribution >= 4 is 0 Å². The van der Waals surface area contributed by atoms with E-state index in [0.29, 0.717) is 5.92 Å². The molecule has 2 N–H and O–H groups in total. The van der Waals surface area contributed by atoms with Crippen LogP contribution >= 0.6 is 0 Å². The lowest BCUT2D eigenvalue weighted by Crippen LogP contribution is -2.25. The van der Waals surface area contributed by atoms with Gasteiger partial charge in [0, 0.05) is 0 Å². The highest BCUT2D eigenvalue weighted by Crippen LogP contribution is 2.07. The molecule has 0 aliphatic heterocycles. The van der Waals surface area contributed by atoms with Gasteiger partial charge in [-0.3, -0.25) is 0 Å². The Hall–Kier alpha value is -0.550. The van der Waals surface area contributed by atoms with Crippen LogP contribution in [0.25, 0.3) is 0 Å². The number of hydrogen-bond acceptors (Lipinski definition) is 2. The van der Waals surface area contributed by atoms with Gasteiger partial charge in [-0.05, 0) is 12.3 Å². The highest BCUT2D eigenvalue weighted by atomic mass is 14.6. The maximum Gasteiger partial charge on any atom is 0.0953 e. The first-order valence-electron chi connectivity index (χ1n) is 3.37. The summed E-state index contributed by atoms with van der Waals surface area (Å²) in [5.41, 5.74) is 5.44. The normalized spacial score (nSPS) is 16.2. The molecule has 0 aliphatic rings. The Morgan fingerprint density at radius 1 is 1.67 bits per heavy atom. The van der Waals surface area contributed by atoms with E-state index >= 15 is 0 Å². The fraction of sp³-hybridized carbons (Fsp3) is 0.857. The van der Waals surface area contributed by atoms with Gasteiger partial charge in [0.15, 0.2) is 0 Å². The third-order valence-electron chi connectivity index (χ3n) is 1.51. The predicted molar refractivity (Wildman–Crippen MR) is 37.7 cm³/mol. The van der Waals surface area contributed by atoms with Crippen LogP contribution in [0.15, 0.2) is 0 Å². The lowest BCUT2D eigenvalue weighted by Gasteiger charge is -2.10. The molecule has 0 saturated heterocycles. The molecule has 0 aromatic rings. The quantitative estimate of drug-likeness (QED) is 0.619. The zero-order valence-electron chi connectivity index (χ0n) is 6.09. The lowest BCUT2D eigenvalue weighted by molar-refractivity contribution is 0.481. The van der Waals surface area contributed by atoms with Crippen molar-refractivity contribution in [1.82, 2.24) is 0 Å². The van der Waals surface area contributed by atoms with Crippen molar-refractivity contribution in [1.29, 1.82) is 5.26 Å². The summed E-state index contributed by atoms with van der Waals surface area (Å²) < 4.78 is 0. The molecule has 0 fully saturated rings. The van der Waals surface area contributed by atoms with Crippen LogP contribution in [0.5, 0.6) is 0 Å². The molecule has 0 aromatic carbocycles. The lowest BCUT2D eigenvalue weighted by atomic mass is 9.99. The Kier molecular flexibility index (Phi) is 4.08. The molecular weight excluding hydrogens is 112 g/mol. The van der Waals surface area contributed by atoms with Crippen molar-refractivity contribution in [3.63, 3.8) is 0 Å². The fourth-order valence-corrected chi connectivity index (χ4v) is 0.762. The van der Waals surface area contributed by atoms with Crippen molar-refractivity contribution < 1.29 is 0 Å². The van der Waals surface area contributed by atoms with Crippen LogP contribution in [0.1, 0.15) is 26.7 Å². The van der Waals surface area contributed by atoms with Crippen molar-refractivity contribution in [3.8, 4) is 6.07 Å². The summed E-state index contributed by atoms with van der Waals surface area (Å²) in [5, 5.41) is 8.36. The monoisotopic (exact) mass is 126 g/mol. The molecule has 0 heterocycles. The van der Waals surface area contributed by atoms with Gasteiger partial charge in [-0.2, -0.15) is 5.26 Å². The van der Waals surface area contributed by atoms with Crippen molar-refractivity contribution in [3.05, 3.63) is 0 Å². The summed E-state index contributed by atoms with van der Waals surface area (Å²) in [5.74, 6) is 0.347. The molecule has 0 rings (SSSR count). The number of nitrogens with zero attached hydrogens (tertiary/aromatic N) is 1. The highest BCUT2D eigenvalue weighted by Gasteiger charge is 2.08. The molecule has 0 amide bonds. The SMILES string of the molecule is CCCC(C)C(N)C#N. The van der Waals surface area contributed by atoms with Gasteiger partial charge in [0.1, 0.15) is 0 Å². The molecule has 52 valence electrons. The van der Waals surface area contributed by atoms with Crippen LogP contribution in [-0.4, -0.2) is 6.04 Å². The van der Waals surface area contributed by atoms with Crippen molar-refractivity contribution in [2.24, 2.45) is 11.7 Å². The van der Waals surface area contributed by atoms with Gasteiger partial charge in [0.2, 0.25) is 0 Å². The van der Waals surface area contributed by atoms with E-state index in [4.69, 9.17) is 11.0 Å². The van der Waals surface area contributed by atoms with Gasteiger partial charge in [0.25, 0.3) is 0 Å². The number of hydrogen-bond donors (Lipinski definition) is 1. The first-order valence-corrected chi connectivity index (χ1v) is 3.37. The molecule has 2 atom stereocenters. The topological polar surface area (TPSA) is 49.8 Å². The summed E-state index contributed by atoms with van der Waals surface area (Å²) in [7, 11) is 0. The second-order valence-corrected chi connectivity index (χ2v) is 2.42. The molecule has 0 saturated carbocycles. The Balaban J connectivity index is 3.48. The molecule has 9 heavy (non-hydrogen) atoms. The minimum Gasteiger partial charge on any atom is -0.316 e. The van der Waals surface area contributed by atoms with Crippen molar-refractivity contribution in [2.45, 2.75) is 32.7 Å². The summed E-state index contributed by atoms with van der Waals surface area (Å²) in [6.45, 7) is 4.11. The predicted octanol–water partition coefficient (Wildman–Crippen LogP) is 1.27. The summed E-state index contributed by atoms with van der Waals surface area (Å²) in [6, 6.07) is 1.75. The Labute approximate surface area is 56.7 Å². The van der Waals surface area contributed by atoms with Crippen molar-refractivity contribution in [2.75, 3.05) is 0 Å². The molecule has 2 unspecified atom stereocenters. The minimum atomic E-state index is -0.273. The van der Waals surface area contributed by atoms with E-state index in [1.807, 2.05) is 13.0 Å². The van der Waals surface area contributed by atoms with E-state index in [0.717, 1.165) is 12.8 Å². The minimum absolute atomic E-state index is 0.273. The van der Waals surface area contributed by atoms with Crippen LogP contribution < -0.4 is 5.73 Å². The zero-order chi connectivity index (χ0) is 7.28. The summed E-state index contributed by atoms with van der Waals surface area (Å²) in [4.78, 5) is 0. The van der Waals surface area contributed by atoms with Crippen LogP contribution in [0.4, 0.5) is 0 Å². The molecular formula is C7H14N2. The summed E-state index contributed by atoms with van der Waals surface area (Å²) >= 11 is 0. The molecule has 0 aromatic heterocycles. The van der Waals surface area contributed by atoms with Crippen LogP contribution in [0.3, 0.4) is 0 Å². The van der Waals surface area contributed by atoms with Gasteiger partial charge < -0.3 is 5.73 Å². The van der Waals surface area contributed by atoms with E-state index in [2.05, 4.69) is 6.92 Å². The summed E-state index contributed by atoms with van der Waals surface area (Å²) in [6.07, 6.45) is 2.16. The van der Waals surface area contributed by atoms with E-state index in [9.17, 15) is 0 Å². The highest BCUT2D eigenvalue weighted by molar-refractivity contribution is 4.89. The number of rotatable bonds is 3. The maximum absolute atomic E-state index is 8.36. The Morgan fingerprint density at radius 3 is 2.56 bits per heavy atom. The molecule has 0 aliphatic carbocycles. The molecule has 2 nitrogen and oxygen atoms in total. The first-order chi connectivity index (χ1) is 4.22. The smallest absolute Gasteiger partial charge is 0.0953 e. The van der Waals surface area contributed by atoms with E-state index in [-0.39, 0.29) is 6.04 Å². The largest absolute Gasteiger partial charge is 0.316 e. The van der Waals surface area contributed by atoms with E-state index in [1.54, 1.807) is 0 Å². The Morgan fingerprint density at radius 2 is 2.22 bits per heavy atom. The second kappa shape index (κ2) is 4.34. The third kappa shape index (κ3) is 3.10. The molecule has 0 radical (unpaired) electrons. The van der Waals surface area contributed by atoms with Gasteiger partial charge >= 0.3 is 0 Å². The van der Waals surface area contributed by atoms with Gasteiger partial charge in [-0.15, -0.1) is 0 Å². The first kappa shape index (κ1) is 8.45. The fourth-order valence-electron chi connectivity index (χ4n) is 0.762. The standard InChI is InChI=1S/C7H14N2/c1-3-4-6(2)7(9)5-8/h6-7H,3-4,9H2,1-2H3. The van der Waals surface area contributed by atoms with Crippen LogP contribution in [-0.2, 0) is 0 Å². The van der Waals surface area contributed by atoms with Crippen LogP contribution in [0, 0.1) is 17.2 Å². The van der Waals surface area contributed by atoms with E-state index in [1.165, 1.54) is 0 Å². The average Bonchev–Trinajstić information content (AvgIpc) is 1.87. The van der Waals surface area contributed by atoms with Gasteiger partial charge in [-0.25, -0.2) is 0 Å². The Bertz CT molecular complexity index is 104. The molecule has 0 bridgehead atoms. The van der Waals surface area contributed by atoms with Crippen LogP contribution in [0.2, 0.25) is 0 Å². The number of nitrogens with two attached hydrogens (primary N) is 1. The maximum atomic E-state index is 8.36. The number of nitriles is 1. The third-order valence-corrected chi connectivity index (χ3v) is 1.51. The van der Waals surface area contributed by atoms with Gasteiger partial charge in [-0.1, -0.05) is 20.3 Å². The second-order valence-electron chi connectivity index (χ2n) is 2.42. The van der Waals surface area contributed by atoms with E-state index < -0.39 is 0 Å². The average molecular weight is 126 g/mol. The molecule has 0 spiro atoms. The molecule has 2 heteroatoms. The van der Waals surface area contributed by atoms with Gasteiger partial charge in [0.05, 0.1) is 12.1 Å². The zero-order valence-corrected chi connectivity index (χ0v) is 6.09.